The summed E-state index contributed by atoms with van der Waals surface area (Å²) in [6.07, 6.45) is 4.35. The van der Waals surface area contributed by atoms with Crippen molar-refractivity contribution in [1.82, 2.24) is 14.8 Å². The Morgan fingerprint density at radius 3 is 2.73 bits per heavy atom. The summed E-state index contributed by atoms with van der Waals surface area (Å²) >= 11 is 0. The van der Waals surface area contributed by atoms with E-state index in [0.717, 1.165) is 47.5 Å². The first kappa shape index (κ1) is 29.4. The summed E-state index contributed by atoms with van der Waals surface area (Å²) in [7, 11) is 5.72. The Morgan fingerprint density at radius 2 is 2.00 bits per heavy atom. The smallest absolute Gasteiger partial charge is 0.303 e. The Bertz CT molecular complexity index is 1420. The van der Waals surface area contributed by atoms with Crippen LogP contribution in [0.4, 0.5) is 13.2 Å². The Balaban J connectivity index is 1.46. The highest BCUT2D eigenvalue weighted by Gasteiger charge is 2.31. The van der Waals surface area contributed by atoms with Crippen LogP contribution in [0.3, 0.4) is 0 Å². The van der Waals surface area contributed by atoms with Gasteiger partial charge in [0.1, 0.15) is 11.6 Å². The highest BCUT2D eigenvalue weighted by atomic mass is 19.2. The number of carboxylic acids is 1. The molecule has 0 saturated carbocycles. The summed E-state index contributed by atoms with van der Waals surface area (Å²) in [5.74, 6) is 2.03. The number of aromatic nitrogens is 1. The molecule has 1 fully saturated rings. The number of carboxylic acid groups (broad SMARTS) is 1. The normalized spacial score (nSPS) is 18.4. The Labute approximate surface area is 232 Å². The molecule has 0 amide bonds. The van der Waals surface area contributed by atoms with Crippen LogP contribution < -0.4 is 4.74 Å². The third-order valence-corrected chi connectivity index (χ3v) is 7.71. The van der Waals surface area contributed by atoms with E-state index in [9.17, 15) is 23.1 Å². The third-order valence-electron chi connectivity index (χ3n) is 7.71. The van der Waals surface area contributed by atoms with E-state index in [1.54, 1.807) is 7.11 Å². The van der Waals surface area contributed by atoms with E-state index in [1.807, 2.05) is 49.5 Å². The van der Waals surface area contributed by atoms with Gasteiger partial charge in [-0.15, -0.1) is 0 Å². The molecule has 1 saturated heterocycles. The number of nitrogens with zero attached hydrogens (tertiary/aromatic N) is 3. The summed E-state index contributed by atoms with van der Waals surface area (Å²) < 4.78 is 46.3. The van der Waals surface area contributed by atoms with Crippen LogP contribution >= 0.6 is 0 Å². The zero-order chi connectivity index (χ0) is 28.8. The van der Waals surface area contributed by atoms with Crippen molar-refractivity contribution in [1.29, 1.82) is 0 Å². The fraction of sp³-hybridized carbons (Fsp3) is 0.419. The number of hydrogen-bond acceptors (Lipinski definition) is 5. The number of methoxy groups -OCH3 is 1. The zero-order valence-electron chi connectivity index (χ0n) is 23.0. The van der Waals surface area contributed by atoms with Gasteiger partial charge >= 0.3 is 5.97 Å². The van der Waals surface area contributed by atoms with Gasteiger partial charge in [-0.2, -0.15) is 0 Å². The molecule has 1 aliphatic rings. The monoisotopic (exact) mass is 553 g/mol. The van der Waals surface area contributed by atoms with Crippen LogP contribution in [-0.4, -0.2) is 66.7 Å². The first-order valence-corrected chi connectivity index (χ1v) is 13.3. The number of pyridine rings is 1. The molecule has 1 aromatic heterocycles. The maximum absolute atomic E-state index is 13.9. The average molecular weight is 554 g/mol. The minimum atomic E-state index is -1.28. The van der Waals surface area contributed by atoms with Gasteiger partial charge < -0.3 is 14.7 Å². The van der Waals surface area contributed by atoms with E-state index in [2.05, 4.69) is 21.7 Å². The average Bonchev–Trinajstić information content (AvgIpc) is 2.91. The molecule has 6 nitrogen and oxygen atoms in total. The molecule has 0 aliphatic carbocycles. The van der Waals surface area contributed by atoms with Crippen molar-refractivity contribution in [2.24, 2.45) is 11.8 Å². The minimum absolute atomic E-state index is 0.0420. The molecule has 40 heavy (non-hydrogen) atoms. The molecule has 0 radical (unpaired) electrons. The maximum Gasteiger partial charge on any atom is 0.303 e. The molecular formula is C31H34F3N3O3. The van der Waals surface area contributed by atoms with Gasteiger partial charge in [-0.3, -0.25) is 14.7 Å². The molecule has 212 valence electrons. The first-order valence-electron chi connectivity index (χ1n) is 13.3. The summed E-state index contributed by atoms with van der Waals surface area (Å²) in [4.78, 5) is 20.4. The van der Waals surface area contributed by atoms with E-state index < -0.39 is 23.4 Å². The summed E-state index contributed by atoms with van der Waals surface area (Å²) in [5, 5.41) is 10.6. The summed E-state index contributed by atoms with van der Waals surface area (Å²) in [5.41, 5.74) is 1.71. The lowest BCUT2D eigenvalue weighted by atomic mass is 9.79. The summed E-state index contributed by atoms with van der Waals surface area (Å²) in [6, 6.07) is 9.34. The predicted molar refractivity (Wildman–Crippen MR) is 147 cm³/mol. The standard InChI is InChI=1S/C31H34F3N3O3/c1-36(2)29(25-10-12-35-28-8-7-24(40-3)18-26(25)28)9-6-20-11-14-37(19-22(20)16-30(38)39)13-4-5-21-15-23(32)17-27(33)31(21)34/h7-8,10,12,15,17-18,20,22,29H,6,9,11,13-14,16,19H2,1-3H3,(H,38,39)/t20-,22+,29+/m1/s1. The van der Waals surface area contributed by atoms with Crippen LogP contribution in [0.15, 0.2) is 42.6 Å². The van der Waals surface area contributed by atoms with Gasteiger partial charge in [0.05, 0.1) is 24.7 Å². The molecule has 1 aliphatic heterocycles. The first-order chi connectivity index (χ1) is 19.2. The van der Waals surface area contributed by atoms with Gasteiger partial charge in [0.2, 0.25) is 0 Å². The lowest BCUT2D eigenvalue weighted by Gasteiger charge is -2.38. The molecule has 1 N–H and O–H groups in total. The third kappa shape index (κ3) is 7.12. The topological polar surface area (TPSA) is 65.9 Å². The van der Waals surface area contributed by atoms with Gasteiger partial charge in [-0.05, 0) is 87.6 Å². The van der Waals surface area contributed by atoms with Crippen LogP contribution in [0.25, 0.3) is 10.9 Å². The van der Waals surface area contributed by atoms with Gasteiger partial charge in [-0.1, -0.05) is 11.8 Å². The minimum Gasteiger partial charge on any atom is -0.497 e. The van der Waals surface area contributed by atoms with E-state index in [4.69, 9.17) is 4.74 Å². The number of aliphatic carboxylic acids is 1. The molecule has 2 aromatic carbocycles. The molecule has 3 atom stereocenters. The highest BCUT2D eigenvalue weighted by Crippen LogP contribution is 2.36. The fourth-order valence-corrected chi connectivity index (χ4v) is 5.66. The van der Waals surface area contributed by atoms with Crippen LogP contribution in [0.2, 0.25) is 0 Å². The number of hydrogen-bond donors (Lipinski definition) is 1. The molecule has 9 heteroatoms. The number of benzene rings is 2. The second kappa shape index (κ2) is 13.2. The Hall–Kier alpha value is -3.61. The molecule has 0 bridgehead atoms. The molecule has 3 aromatic rings. The van der Waals surface area contributed by atoms with E-state index >= 15 is 0 Å². The fourth-order valence-electron chi connectivity index (χ4n) is 5.66. The predicted octanol–water partition coefficient (Wildman–Crippen LogP) is 5.51. The van der Waals surface area contributed by atoms with Crippen molar-refractivity contribution < 1.29 is 27.8 Å². The van der Waals surface area contributed by atoms with Gasteiger partial charge in [0.25, 0.3) is 0 Å². The molecule has 0 spiro atoms. The second-order valence-corrected chi connectivity index (χ2v) is 10.5. The molecular weight excluding hydrogens is 519 g/mol. The SMILES string of the molecule is COc1ccc2nccc([C@H](CC[C@@H]3CCN(CC#Cc4cc(F)cc(F)c4F)C[C@@H]3CC(=O)O)N(C)C)c2c1. The number of likely N-dealkylation sites (tertiary alicyclic amines) is 1. The van der Waals surface area contributed by atoms with E-state index in [-0.39, 0.29) is 36.4 Å². The quantitative estimate of drug-likeness (QED) is 0.279. The number of piperidine rings is 1. The van der Waals surface area contributed by atoms with Crippen molar-refractivity contribution >= 4 is 16.9 Å². The van der Waals surface area contributed by atoms with Crippen molar-refractivity contribution in [2.45, 2.75) is 31.7 Å². The molecule has 4 rings (SSSR count). The van der Waals surface area contributed by atoms with Gasteiger partial charge in [0.15, 0.2) is 11.6 Å². The lowest BCUT2D eigenvalue weighted by molar-refractivity contribution is -0.139. The molecule has 2 heterocycles. The zero-order valence-corrected chi connectivity index (χ0v) is 23.0. The lowest BCUT2D eigenvalue weighted by Crippen LogP contribution is -2.41. The number of halogens is 3. The number of carbonyl (C=O) groups is 1. The van der Waals surface area contributed by atoms with E-state index in [0.29, 0.717) is 19.2 Å². The van der Waals surface area contributed by atoms with Crippen molar-refractivity contribution in [3.63, 3.8) is 0 Å². The number of rotatable bonds is 9. The number of ether oxygens (including phenoxy) is 1. The van der Waals surface area contributed by atoms with Crippen molar-refractivity contribution in [3.8, 4) is 17.6 Å². The van der Waals surface area contributed by atoms with Crippen molar-refractivity contribution in [3.05, 3.63) is 71.2 Å². The van der Waals surface area contributed by atoms with Gasteiger partial charge in [-0.25, -0.2) is 13.2 Å². The second-order valence-electron chi connectivity index (χ2n) is 10.5. The van der Waals surface area contributed by atoms with Crippen LogP contribution in [-0.2, 0) is 4.79 Å². The Morgan fingerprint density at radius 1 is 1.20 bits per heavy atom. The Kier molecular flexibility index (Phi) is 9.67. The van der Waals surface area contributed by atoms with Crippen LogP contribution in [0, 0.1) is 41.1 Å². The van der Waals surface area contributed by atoms with Gasteiger partial charge in [0, 0.05) is 36.7 Å². The molecule has 0 unspecified atom stereocenters. The summed E-state index contributed by atoms with van der Waals surface area (Å²) in [6.45, 7) is 1.50. The van der Waals surface area contributed by atoms with Crippen LogP contribution in [0.1, 0.15) is 42.9 Å². The van der Waals surface area contributed by atoms with Crippen molar-refractivity contribution in [2.75, 3.05) is 40.8 Å². The maximum atomic E-state index is 13.9. The highest BCUT2D eigenvalue weighted by molar-refractivity contribution is 5.84. The largest absolute Gasteiger partial charge is 0.497 e. The number of fused-ring (bicyclic) bond motifs is 1. The van der Waals surface area contributed by atoms with E-state index in [1.165, 1.54) is 0 Å². The van der Waals surface area contributed by atoms with Crippen LogP contribution in [0.5, 0.6) is 5.75 Å².